The van der Waals surface area contributed by atoms with E-state index in [4.69, 9.17) is 0 Å². The van der Waals surface area contributed by atoms with Crippen molar-refractivity contribution >= 4 is 11.8 Å². The number of halogens is 2. The highest BCUT2D eigenvalue weighted by atomic mass is 19.1. The Bertz CT molecular complexity index is 675. The standard InChI is InChI=1S/C19H25F2N3O2/c1-12-11-22-7-4-17(12)23-18(25)13-5-8-24(9-6-13)19(26)15-3-2-14(20)10-16(15)21/h2-3,10,12-13,17,22H,4-9,11H2,1H3,(H,23,25). The smallest absolute Gasteiger partial charge is 0.256 e. The van der Waals surface area contributed by atoms with Crippen LogP contribution < -0.4 is 10.6 Å². The number of nitrogens with one attached hydrogen (secondary N) is 2. The van der Waals surface area contributed by atoms with E-state index in [2.05, 4.69) is 17.6 Å². The monoisotopic (exact) mass is 365 g/mol. The van der Waals surface area contributed by atoms with Gasteiger partial charge >= 0.3 is 0 Å². The van der Waals surface area contributed by atoms with Crippen molar-refractivity contribution in [2.24, 2.45) is 11.8 Å². The van der Waals surface area contributed by atoms with Gasteiger partial charge in [0.1, 0.15) is 11.6 Å². The topological polar surface area (TPSA) is 61.4 Å². The third-order valence-electron chi connectivity index (χ3n) is 5.43. The van der Waals surface area contributed by atoms with E-state index in [1.165, 1.54) is 11.0 Å². The maximum atomic E-state index is 13.8. The van der Waals surface area contributed by atoms with Crippen molar-refractivity contribution in [2.45, 2.75) is 32.2 Å². The molecule has 2 heterocycles. The number of benzene rings is 1. The minimum absolute atomic E-state index is 0.0452. The molecular formula is C19H25F2N3O2. The number of rotatable bonds is 3. The number of carbonyl (C=O) groups excluding carboxylic acids is 2. The first-order valence-corrected chi connectivity index (χ1v) is 9.21. The number of nitrogens with zero attached hydrogens (tertiary/aromatic N) is 1. The fourth-order valence-electron chi connectivity index (χ4n) is 3.71. The molecule has 142 valence electrons. The van der Waals surface area contributed by atoms with E-state index in [1.807, 2.05) is 0 Å². The van der Waals surface area contributed by atoms with E-state index in [1.54, 1.807) is 0 Å². The van der Waals surface area contributed by atoms with Crippen molar-refractivity contribution in [3.05, 3.63) is 35.4 Å². The van der Waals surface area contributed by atoms with E-state index in [-0.39, 0.29) is 23.4 Å². The lowest BCUT2D eigenvalue weighted by molar-refractivity contribution is -0.127. The summed E-state index contributed by atoms with van der Waals surface area (Å²) in [4.78, 5) is 26.5. The Morgan fingerprint density at radius 3 is 2.58 bits per heavy atom. The van der Waals surface area contributed by atoms with Crippen molar-refractivity contribution in [3.63, 3.8) is 0 Å². The third kappa shape index (κ3) is 4.20. The number of hydrogen-bond donors (Lipinski definition) is 2. The van der Waals surface area contributed by atoms with Crippen LogP contribution in [0.3, 0.4) is 0 Å². The molecule has 7 heteroatoms. The van der Waals surface area contributed by atoms with E-state index in [0.717, 1.165) is 25.6 Å². The largest absolute Gasteiger partial charge is 0.353 e. The molecule has 1 aromatic rings. The molecule has 0 aliphatic carbocycles. The fourth-order valence-corrected chi connectivity index (χ4v) is 3.71. The van der Waals surface area contributed by atoms with Crippen molar-refractivity contribution in [1.29, 1.82) is 0 Å². The van der Waals surface area contributed by atoms with Gasteiger partial charge in [0.15, 0.2) is 0 Å². The molecule has 3 rings (SSSR count). The summed E-state index contributed by atoms with van der Waals surface area (Å²) in [6.07, 6.45) is 2.04. The van der Waals surface area contributed by atoms with Crippen LogP contribution in [0.25, 0.3) is 0 Å². The number of piperidine rings is 2. The van der Waals surface area contributed by atoms with E-state index < -0.39 is 17.5 Å². The summed E-state index contributed by atoms with van der Waals surface area (Å²) < 4.78 is 26.8. The zero-order valence-corrected chi connectivity index (χ0v) is 14.9. The Morgan fingerprint density at radius 2 is 1.92 bits per heavy atom. The van der Waals surface area contributed by atoms with Gasteiger partial charge in [-0.2, -0.15) is 0 Å². The molecule has 2 aliphatic rings. The zero-order valence-electron chi connectivity index (χ0n) is 14.9. The molecule has 0 bridgehead atoms. The van der Waals surface area contributed by atoms with Gasteiger partial charge in [-0.3, -0.25) is 9.59 Å². The quantitative estimate of drug-likeness (QED) is 0.861. The second-order valence-corrected chi connectivity index (χ2v) is 7.28. The Hall–Kier alpha value is -2.02. The molecule has 2 aliphatic heterocycles. The van der Waals surface area contributed by atoms with Gasteiger partial charge in [-0.05, 0) is 50.4 Å². The first-order valence-electron chi connectivity index (χ1n) is 9.21. The van der Waals surface area contributed by atoms with Gasteiger partial charge in [-0.15, -0.1) is 0 Å². The van der Waals surface area contributed by atoms with Crippen LogP contribution >= 0.6 is 0 Å². The van der Waals surface area contributed by atoms with Crippen molar-refractivity contribution in [3.8, 4) is 0 Å². The molecule has 26 heavy (non-hydrogen) atoms. The van der Waals surface area contributed by atoms with E-state index in [9.17, 15) is 18.4 Å². The number of likely N-dealkylation sites (tertiary alicyclic amines) is 1. The van der Waals surface area contributed by atoms with Crippen LogP contribution in [0, 0.1) is 23.5 Å². The van der Waals surface area contributed by atoms with Gasteiger partial charge in [0.05, 0.1) is 5.56 Å². The number of carbonyl (C=O) groups is 2. The van der Waals surface area contributed by atoms with Crippen LogP contribution in [0.5, 0.6) is 0 Å². The Balaban J connectivity index is 1.53. The fraction of sp³-hybridized carbons (Fsp3) is 0.579. The van der Waals surface area contributed by atoms with E-state index in [0.29, 0.717) is 37.9 Å². The molecule has 0 radical (unpaired) electrons. The molecule has 1 aromatic carbocycles. The van der Waals surface area contributed by atoms with Crippen molar-refractivity contribution in [2.75, 3.05) is 26.2 Å². The molecular weight excluding hydrogens is 340 g/mol. The first kappa shape index (κ1) is 18.8. The number of amides is 2. The summed E-state index contributed by atoms with van der Waals surface area (Å²) in [5.74, 6) is -1.69. The summed E-state index contributed by atoms with van der Waals surface area (Å²) in [5, 5.41) is 6.45. The summed E-state index contributed by atoms with van der Waals surface area (Å²) in [6.45, 7) is 4.73. The summed E-state index contributed by atoms with van der Waals surface area (Å²) in [5.41, 5.74) is -0.127. The molecule has 0 spiro atoms. The molecule has 2 atom stereocenters. The molecule has 0 aromatic heterocycles. The Kier molecular flexibility index (Phi) is 5.86. The minimum atomic E-state index is -0.852. The van der Waals surface area contributed by atoms with Crippen LogP contribution in [0.2, 0.25) is 0 Å². The SMILES string of the molecule is CC1CNCCC1NC(=O)C1CCN(C(=O)c2ccc(F)cc2F)CC1. The van der Waals surface area contributed by atoms with Crippen LogP contribution in [0.4, 0.5) is 8.78 Å². The summed E-state index contributed by atoms with van der Waals surface area (Å²) in [6, 6.07) is 3.16. The molecule has 0 saturated carbocycles. The Labute approximate surface area is 152 Å². The normalized spacial score (nSPS) is 24.3. The molecule has 2 fully saturated rings. The van der Waals surface area contributed by atoms with E-state index >= 15 is 0 Å². The second kappa shape index (κ2) is 8.12. The van der Waals surface area contributed by atoms with Crippen molar-refractivity contribution in [1.82, 2.24) is 15.5 Å². The van der Waals surface area contributed by atoms with Crippen LogP contribution in [0.1, 0.15) is 36.5 Å². The zero-order chi connectivity index (χ0) is 18.7. The molecule has 2 N–H and O–H groups in total. The Morgan fingerprint density at radius 1 is 1.19 bits per heavy atom. The minimum Gasteiger partial charge on any atom is -0.353 e. The molecule has 2 amide bonds. The van der Waals surface area contributed by atoms with Gasteiger partial charge in [0, 0.05) is 31.1 Å². The lowest BCUT2D eigenvalue weighted by Crippen LogP contribution is -2.51. The van der Waals surface area contributed by atoms with Gasteiger partial charge in [0.25, 0.3) is 5.91 Å². The van der Waals surface area contributed by atoms with Gasteiger partial charge in [-0.1, -0.05) is 6.92 Å². The van der Waals surface area contributed by atoms with Crippen LogP contribution in [0.15, 0.2) is 18.2 Å². The predicted molar refractivity (Wildman–Crippen MR) is 93.6 cm³/mol. The predicted octanol–water partition coefficient (Wildman–Crippen LogP) is 1.93. The van der Waals surface area contributed by atoms with Gasteiger partial charge in [0.2, 0.25) is 5.91 Å². The van der Waals surface area contributed by atoms with Crippen LogP contribution in [-0.4, -0.2) is 48.9 Å². The molecule has 5 nitrogen and oxygen atoms in total. The summed E-state index contributed by atoms with van der Waals surface area (Å²) in [7, 11) is 0. The molecule has 2 unspecified atom stereocenters. The lowest BCUT2D eigenvalue weighted by atomic mass is 9.91. The third-order valence-corrected chi connectivity index (χ3v) is 5.43. The number of hydrogen-bond acceptors (Lipinski definition) is 3. The van der Waals surface area contributed by atoms with Crippen molar-refractivity contribution < 1.29 is 18.4 Å². The van der Waals surface area contributed by atoms with Gasteiger partial charge < -0.3 is 15.5 Å². The highest BCUT2D eigenvalue weighted by molar-refractivity contribution is 5.94. The van der Waals surface area contributed by atoms with Gasteiger partial charge in [-0.25, -0.2) is 8.78 Å². The highest BCUT2D eigenvalue weighted by Crippen LogP contribution is 2.22. The molecule has 2 saturated heterocycles. The second-order valence-electron chi connectivity index (χ2n) is 7.28. The maximum absolute atomic E-state index is 13.8. The summed E-state index contributed by atoms with van der Waals surface area (Å²) >= 11 is 0. The average Bonchev–Trinajstić information content (AvgIpc) is 2.63. The highest BCUT2D eigenvalue weighted by Gasteiger charge is 2.31. The maximum Gasteiger partial charge on any atom is 0.256 e. The van der Waals surface area contributed by atoms with Crippen LogP contribution in [-0.2, 0) is 4.79 Å². The first-order chi connectivity index (χ1) is 12.5. The lowest BCUT2D eigenvalue weighted by Gasteiger charge is -2.34. The average molecular weight is 365 g/mol.